The number of ketones is 1. The maximum Gasteiger partial charge on any atom is 0.256 e. The first-order valence-electron chi connectivity index (χ1n) is 10.4. The van der Waals surface area contributed by atoms with E-state index >= 15 is 0 Å². The monoisotopic (exact) mass is 449 g/mol. The fourth-order valence-electron chi connectivity index (χ4n) is 3.53. The van der Waals surface area contributed by atoms with Crippen molar-refractivity contribution in [1.29, 1.82) is 0 Å². The van der Waals surface area contributed by atoms with Crippen LogP contribution in [-0.4, -0.2) is 21.7 Å². The second-order valence-electron chi connectivity index (χ2n) is 7.62. The lowest BCUT2D eigenvalue weighted by Crippen LogP contribution is -2.17. The summed E-state index contributed by atoms with van der Waals surface area (Å²) < 4.78 is 0. The molecule has 3 aromatic carbocycles. The van der Waals surface area contributed by atoms with Crippen molar-refractivity contribution in [2.75, 3.05) is 5.32 Å². The smallest absolute Gasteiger partial charge is 0.256 e. The van der Waals surface area contributed by atoms with Gasteiger partial charge in [-0.2, -0.15) is 0 Å². The molecule has 5 aromatic rings. The second kappa shape index (κ2) is 8.76. The summed E-state index contributed by atoms with van der Waals surface area (Å²) in [5, 5.41) is 3.77. The van der Waals surface area contributed by atoms with Gasteiger partial charge in [0.15, 0.2) is 5.78 Å². The van der Waals surface area contributed by atoms with Gasteiger partial charge in [0.25, 0.3) is 5.91 Å². The van der Waals surface area contributed by atoms with Gasteiger partial charge in [-0.1, -0.05) is 59.4 Å². The number of nitrogens with zero attached hydrogens (tertiary/aromatic N) is 2. The number of nitrogens with one attached hydrogen (secondary N) is 1. The molecular weight excluding hydrogens is 430 g/mol. The van der Waals surface area contributed by atoms with Gasteiger partial charge in [-0.3, -0.25) is 9.59 Å². The van der Waals surface area contributed by atoms with Gasteiger partial charge in [-0.25, -0.2) is 9.97 Å². The van der Waals surface area contributed by atoms with Crippen LogP contribution in [0.3, 0.4) is 0 Å². The Hall–Kier alpha value is -4.16. The Bertz CT molecular complexity index is 1440. The van der Waals surface area contributed by atoms with Crippen LogP contribution in [0.2, 0.25) is 0 Å². The molecule has 0 saturated heterocycles. The molecule has 2 aromatic heterocycles. The third-order valence-electron chi connectivity index (χ3n) is 5.29. The third kappa shape index (κ3) is 4.29. The molecule has 0 atom stereocenters. The molecule has 2 heterocycles. The normalized spacial score (nSPS) is 10.8. The van der Waals surface area contributed by atoms with Gasteiger partial charge >= 0.3 is 0 Å². The standard InChI is InChI=1S/C27H19N3O2S/c1-17-8-10-18(11-9-17)24(31)21-5-2-3-6-22(21)25(32)29-20-14-12-19(13-15-20)26-30-23-7-4-16-28-27(23)33-26/h2-16H,1H3,(H,29,32). The number of carbonyl (C=O) groups is 2. The number of aryl methyl sites for hydroxylation is 1. The van der Waals surface area contributed by atoms with E-state index in [2.05, 4.69) is 15.3 Å². The largest absolute Gasteiger partial charge is 0.322 e. The van der Waals surface area contributed by atoms with Crippen LogP contribution < -0.4 is 5.32 Å². The Kier molecular flexibility index (Phi) is 5.50. The predicted octanol–water partition coefficient (Wildman–Crippen LogP) is 6.15. The molecule has 0 fully saturated rings. The van der Waals surface area contributed by atoms with Crippen molar-refractivity contribution < 1.29 is 9.59 Å². The highest BCUT2D eigenvalue weighted by atomic mass is 32.1. The van der Waals surface area contributed by atoms with Gasteiger partial charge in [-0.15, -0.1) is 0 Å². The first kappa shape index (κ1) is 20.7. The lowest BCUT2D eigenvalue weighted by Gasteiger charge is -2.10. The molecule has 0 radical (unpaired) electrons. The molecule has 5 nitrogen and oxygen atoms in total. The molecule has 0 spiro atoms. The Balaban J connectivity index is 1.37. The fourth-order valence-corrected chi connectivity index (χ4v) is 4.44. The average Bonchev–Trinajstić information content (AvgIpc) is 3.29. The maximum absolute atomic E-state index is 13.0. The van der Waals surface area contributed by atoms with Crippen LogP contribution in [0.1, 0.15) is 31.8 Å². The molecule has 0 aliphatic carbocycles. The van der Waals surface area contributed by atoms with E-state index in [0.717, 1.165) is 26.5 Å². The molecule has 33 heavy (non-hydrogen) atoms. The Morgan fingerprint density at radius 1 is 0.818 bits per heavy atom. The Morgan fingerprint density at radius 3 is 2.27 bits per heavy atom. The van der Waals surface area contributed by atoms with E-state index in [1.165, 1.54) is 11.3 Å². The Labute approximate surface area is 194 Å². The van der Waals surface area contributed by atoms with Crippen molar-refractivity contribution in [2.45, 2.75) is 6.92 Å². The Morgan fingerprint density at radius 2 is 1.55 bits per heavy atom. The number of amides is 1. The molecule has 0 bridgehead atoms. The van der Waals surface area contributed by atoms with Gasteiger partial charge < -0.3 is 5.32 Å². The number of carbonyl (C=O) groups excluding carboxylic acids is 2. The highest BCUT2D eigenvalue weighted by Crippen LogP contribution is 2.29. The second-order valence-corrected chi connectivity index (χ2v) is 8.60. The number of hydrogen-bond acceptors (Lipinski definition) is 5. The summed E-state index contributed by atoms with van der Waals surface area (Å²) in [7, 11) is 0. The lowest BCUT2D eigenvalue weighted by molar-refractivity contribution is 0.0996. The van der Waals surface area contributed by atoms with E-state index in [9.17, 15) is 9.59 Å². The molecule has 0 saturated carbocycles. The summed E-state index contributed by atoms with van der Waals surface area (Å²) in [6, 6.07) is 25.5. The minimum Gasteiger partial charge on any atom is -0.322 e. The topological polar surface area (TPSA) is 72.0 Å². The number of thiazole rings is 1. The van der Waals surface area contributed by atoms with Crippen LogP contribution in [0.4, 0.5) is 5.69 Å². The quantitative estimate of drug-likeness (QED) is 0.327. The summed E-state index contributed by atoms with van der Waals surface area (Å²) in [5.41, 5.74) is 4.79. The van der Waals surface area contributed by atoms with Gasteiger partial charge in [-0.05, 0) is 49.4 Å². The molecule has 6 heteroatoms. The van der Waals surface area contributed by atoms with E-state index in [-0.39, 0.29) is 11.7 Å². The summed E-state index contributed by atoms with van der Waals surface area (Å²) in [4.78, 5) is 35.9. The average molecular weight is 450 g/mol. The predicted molar refractivity (Wildman–Crippen MR) is 132 cm³/mol. The van der Waals surface area contributed by atoms with Crippen LogP contribution in [0.25, 0.3) is 20.9 Å². The minimum absolute atomic E-state index is 0.180. The highest BCUT2D eigenvalue weighted by Gasteiger charge is 2.18. The lowest BCUT2D eigenvalue weighted by atomic mass is 9.97. The van der Waals surface area contributed by atoms with Crippen molar-refractivity contribution in [3.63, 3.8) is 0 Å². The van der Waals surface area contributed by atoms with Crippen LogP contribution >= 0.6 is 11.3 Å². The van der Waals surface area contributed by atoms with E-state index < -0.39 is 0 Å². The summed E-state index contributed by atoms with van der Waals surface area (Å²) in [5.74, 6) is -0.511. The zero-order valence-electron chi connectivity index (χ0n) is 17.8. The number of aromatic nitrogens is 2. The number of rotatable bonds is 5. The molecule has 5 rings (SSSR count). The third-order valence-corrected chi connectivity index (χ3v) is 6.31. The van der Waals surface area contributed by atoms with Crippen LogP contribution in [-0.2, 0) is 0 Å². The molecule has 0 aliphatic heterocycles. The maximum atomic E-state index is 13.0. The van der Waals surface area contributed by atoms with Crippen LogP contribution in [0.5, 0.6) is 0 Å². The summed E-state index contributed by atoms with van der Waals surface area (Å²) in [6.45, 7) is 1.97. The van der Waals surface area contributed by atoms with E-state index in [0.29, 0.717) is 22.4 Å². The van der Waals surface area contributed by atoms with Crippen molar-refractivity contribution in [3.05, 3.63) is 113 Å². The number of anilines is 1. The van der Waals surface area contributed by atoms with E-state index in [1.54, 1.807) is 42.6 Å². The number of fused-ring (bicyclic) bond motifs is 1. The van der Waals surface area contributed by atoms with Crippen LogP contribution in [0.15, 0.2) is 91.1 Å². The van der Waals surface area contributed by atoms with Crippen molar-refractivity contribution in [3.8, 4) is 10.6 Å². The van der Waals surface area contributed by atoms with E-state index in [4.69, 9.17) is 0 Å². The van der Waals surface area contributed by atoms with Gasteiger partial charge in [0.05, 0.1) is 5.56 Å². The van der Waals surface area contributed by atoms with E-state index in [1.807, 2.05) is 55.5 Å². The molecule has 1 N–H and O–H groups in total. The van der Waals surface area contributed by atoms with Crippen molar-refractivity contribution in [2.24, 2.45) is 0 Å². The van der Waals surface area contributed by atoms with Gasteiger partial charge in [0.2, 0.25) is 0 Å². The molecular formula is C27H19N3O2S. The van der Waals surface area contributed by atoms with Gasteiger partial charge in [0, 0.05) is 28.6 Å². The number of benzene rings is 3. The highest BCUT2D eigenvalue weighted by molar-refractivity contribution is 7.21. The summed E-state index contributed by atoms with van der Waals surface area (Å²) in [6.07, 6.45) is 1.75. The first-order valence-corrected chi connectivity index (χ1v) is 11.2. The summed E-state index contributed by atoms with van der Waals surface area (Å²) >= 11 is 1.52. The van der Waals surface area contributed by atoms with Crippen molar-refractivity contribution >= 4 is 39.1 Å². The van der Waals surface area contributed by atoms with Crippen molar-refractivity contribution in [1.82, 2.24) is 9.97 Å². The number of hydrogen-bond donors (Lipinski definition) is 1. The minimum atomic E-state index is -0.331. The molecule has 0 unspecified atom stereocenters. The fraction of sp³-hybridized carbons (Fsp3) is 0.0370. The zero-order chi connectivity index (χ0) is 22.8. The van der Waals surface area contributed by atoms with Gasteiger partial charge in [0.1, 0.15) is 15.4 Å². The zero-order valence-corrected chi connectivity index (χ0v) is 18.6. The molecule has 0 aliphatic rings. The van der Waals surface area contributed by atoms with Crippen LogP contribution in [0, 0.1) is 6.92 Å². The first-order chi connectivity index (χ1) is 16.1. The molecule has 160 valence electrons. The number of pyridine rings is 1. The SMILES string of the molecule is Cc1ccc(C(=O)c2ccccc2C(=O)Nc2ccc(-c3nc4cccnc4s3)cc2)cc1. The molecule has 1 amide bonds.